The summed E-state index contributed by atoms with van der Waals surface area (Å²) in [7, 11) is 0. The third-order valence-corrected chi connectivity index (χ3v) is 5.27. The fourth-order valence-electron chi connectivity index (χ4n) is 3.64. The number of ether oxygens (including phenoxy) is 1. The number of carbonyl (C=O) groups is 2. The standard InChI is InChI=1S/C20H18N4O4/c25-19(11-1-2-11)23-15-6-4-10-3-5-12(7-13(10)15)28-16-9-22-18-17(24-16)14(8-21-18)20(26)27/h3,5,7-9,11,15H,1-2,4,6H2,(H,21,22)(H,23,25)(H,26,27)/t15-/m1/s1. The van der Waals surface area contributed by atoms with Gasteiger partial charge in [-0.3, -0.25) is 4.79 Å². The van der Waals surface area contributed by atoms with Gasteiger partial charge in [-0.05, 0) is 48.9 Å². The molecular weight excluding hydrogens is 360 g/mol. The number of fused-ring (bicyclic) bond motifs is 2. The van der Waals surface area contributed by atoms with Crippen LogP contribution in [0.3, 0.4) is 0 Å². The van der Waals surface area contributed by atoms with Gasteiger partial charge in [0.2, 0.25) is 11.8 Å². The molecule has 1 amide bonds. The molecule has 8 heteroatoms. The predicted molar refractivity (Wildman–Crippen MR) is 99.3 cm³/mol. The van der Waals surface area contributed by atoms with E-state index in [1.807, 2.05) is 18.2 Å². The molecule has 1 aromatic carbocycles. The fourth-order valence-corrected chi connectivity index (χ4v) is 3.64. The van der Waals surface area contributed by atoms with Crippen molar-refractivity contribution in [3.8, 4) is 11.6 Å². The number of amides is 1. The summed E-state index contributed by atoms with van der Waals surface area (Å²) in [6.45, 7) is 0. The van der Waals surface area contributed by atoms with Gasteiger partial charge in [0.05, 0.1) is 12.2 Å². The highest BCUT2D eigenvalue weighted by atomic mass is 16.5. The van der Waals surface area contributed by atoms with E-state index in [1.165, 1.54) is 18.0 Å². The first-order valence-electron chi connectivity index (χ1n) is 9.27. The number of hydrogen-bond acceptors (Lipinski definition) is 5. The lowest BCUT2D eigenvalue weighted by atomic mass is 10.1. The Balaban J connectivity index is 1.40. The monoisotopic (exact) mass is 378 g/mol. The SMILES string of the molecule is O=C(O)c1c[nH]c2ncc(Oc3ccc4c(c3)[C@H](NC(=O)C3CC3)CC4)nc12. The molecule has 1 saturated carbocycles. The van der Waals surface area contributed by atoms with E-state index in [0.29, 0.717) is 11.4 Å². The van der Waals surface area contributed by atoms with Crippen LogP contribution in [0.1, 0.15) is 46.8 Å². The molecule has 0 spiro atoms. The number of nitrogens with one attached hydrogen (secondary N) is 2. The first kappa shape index (κ1) is 16.7. The number of carboxylic acid groups (broad SMARTS) is 1. The van der Waals surface area contributed by atoms with Crippen LogP contribution in [0.4, 0.5) is 0 Å². The van der Waals surface area contributed by atoms with E-state index in [1.54, 1.807) is 0 Å². The van der Waals surface area contributed by atoms with Crippen molar-refractivity contribution in [1.29, 1.82) is 0 Å². The Labute approximate surface area is 160 Å². The maximum Gasteiger partial charge on any atom is 0.339 e. The Morgan fingerprint density at radius 2 is 2.11 bits per heavy atom. The quantitative estimate of drug-likeness (QED) is 0.628. The van der Waals surface area contributed by atoms with Crippen LogP contribution < -0.4 is 10.1 Å². The van der Waals surface area contributed by atoms with Gasteiger partial charge >= 0.3 is 5.97 Å². The van der Waals surface area contributed by atoms with Crippen LogP contribution in [0.2, 0.25) is 0 Å². The lowest BCUT2D eigenvalue weighted by Gasteiger charge is -2.15. The minimum absolute atomic E-state index is 0.00324. The summed E-state index contributed by atoms with van der Waals surface area (Å²) >= 11 is 0. The zero-order valence-electron chi connectivity index (χ0n) is 14.9. The van der Waals surface area contributed by atoms with Crippen LogP contribution in [0.15, 0.2) is 30.6 Å². The van der Waals surface area contributed by atoms with Crippen LogP contribution in [0.25, 0.3) is 11.2 Å². The zero-order chi connectivity index (χ0) is 19.3. The van der Waals surface area contributed by atoms with E-state index in [-0.39, 0.29) is 34.8 Å². The van der Waals surface area contributed by atoms with Gasteiger partial charge in [0, 0.05) is 12.1 Å². The van der Waals surface area contributed by atoms with E-state index in [0.717, 1.165) is 31.2 Å². The van der Waals surface area contributed by atoms with Crippen molar-refractivity contribution in [2.24, 2.45) is 5.92 Å². The molecular formula is C20H18N4O4. The molecule has 2 heterocycles. The number of aromatic amines is 1. The Bertz CT molecular complexity index is 1100. The highest BCUT2D eigenvalue weighted by Crippen LogP contribution is 2.37. The van der Waals surface area contributed by atoms with Crippen LogP contribution in [-0.2, 0) is 11.2 Å². The van der Waals surface area contributed by atoms with Gasteiger partial charge in [-0.1, -0.05) is 6.07 Å². The number of benzene rings is 1. The highest BCUT2D eigenvalue weighted by molar-refractivity contribution is 6.00. The molecule has 0 saturated heterocycles. The molecule has 0 unspecified atom stereocenters. The largest absolute Gasteiger partial charge is 0.478 e. The molecule has 8 nitrogen and oxygen atoms in total. The molecule has 0 aliphatic heterocycles. The van der Waals surface area contributed by atoms with E-state index in [9.17, 15) is 14.7 Å². The van der Waals surface area contributed by atoms with Gasteiger partial charge in [-0.15, -0.1) is 0 Å². The van der Waals surface area contributed by atoms with Gasteiger partial charge in [0.1, 0.15) is 16.8 Å². The Hall–Kier alpha value is -3.42. The number of carboxylic acids is 1. The minimum Gasteiger partial charge on any atom is -0.478 e. The maximum atomic E-state index is 12.1. The van der Waals surface area contributed by atoms with Crippen LogP contribution in [0.5, 0.6) is 11.6 Å². The molecule has 3 N–H and O–H groups in total. The minimum atomic E-state index is -1.08. The summed E-state index contributed by atoms with van der Waals surface area (Å²) in [5.74, 6) is 0.0207. The van der Waals surface area contributed by atoms with Crippen molar-refractivity contribution in [1.82, 2.24) is 20.3 Å². The summed E-state index contributed by atoms with van der Waals surface area (Å²) in [6.07, 6.45) is 6.57. The van der Waals surface area contributed by atoms with Gasteiger partial charge < -0.3 is 20.1 Å². The number of aromatic carboxylic acids is 1. The second kappa shape index (κ2) is 6.33. The number of rotatable bonds is 5. The Morgan fingerprint density at radius 1 is 1.25 bits per heavy atom. The van der Waals surface area contributed by atoms with E-state index >= 15 is 0 Å². The average Bonchev–Trinajstić information content (AvgIpc) is 3.34. The normalized spacial score (nSPS) is 18.1. The second-order valence-corrected chi connectivity index (χ2v) is 7.25. The number of hydrogen-bond donors (Lipinski definition) is 3. The molecule has 0 bridgehead atoms. The molecule has 1 fully saturated rings. The predicted octanol–water partition coefficient (Wildman–Crippen LogP) is 2.96. The molecule has 5 rings (SSSR count). The summed E-state index contributed by atoms with van der Waals surface area (Å²) in [6, 6.07) is 5.77. The van der Waals surface area contributed by atoms with Crippen molar-refractivity contribution < 1.29 is 19.4 Å². The molecule has 2 aliphatic rings. The van der Waals surface area contributed by atoms with Crippen LogP contribution in [0, 0.1) is 5.92 Å². The third kappa shape index (κ3) is 2.96. The smallest absolute Gasteiger partial charge is 0.339 e. The number of H-pyrrole nitrogens is 1. The Kier molecular flexibility index (Phi) is 3.78. The van der Waals surface area contributed by atoms with Crippen molar-refractivity contribution in [3.63, 3.8) is 0 Å². The molecule has 2 aromatic heterocycles. The molecule has 28 heavy (non-hydrogen) atoms. The first-order valence-corrected chi connectivity index (χ1v) is 9.27. The summed E-state index contributed by atoms with van der Waals surface area (Å²) in [4.78, 5) is 34.6. The van der Waals surface area contributed by atoms with Crippen molar-refractivity contribution >= 4 is 23.0 Å². The summed E-state index contributed by atoms with van der Waals surface area (Å²) < 4.78 is 5.84. The summed E-state index contributed by atoms with van der Waals surface area (Å²) in [5.41, 5.74) is 2.95. The number of nitrogens with zero attached hydrogens (tertiary/aromatic N) is 2. The van der Waals surface area contributed by atoms with Gasteiger partial charge in [0.25, 0.3) is 0 Å². The lowest BCUT2D eigenvalue weighted by molar-refractivity contribution is -0.123. The second-order valence-electron chi connectivity index (χ2n) is 7.25. The van der Waals surface area contributed by atoms with Crippen LogP contribution in [-0.4, -0.2) is 31.9 Å². The third-order valence-electron chi connectivity index (χ3n) is 5.27. The number of carbonyl (C=O) groups excluding carboxylic acids is 1. The number of aryl methyl sites for hydroxylation is 1. The van der Waals surface area contributed by atoms with E-state index in [2.05, 4.69) is 20.3 Å². The van der Waals surface area contributed by atoms with Crippen LogP contribution >= 0.6 is 0 Å². The molecule has 142 valence electrons. The molecule has 0 radical (unpaired) electrons. The number of aromatic nitrogens is 3. The van der Waals surface area contributed by atoms with Crippen molar-refractivity contribution in [2.45, 2.75) is 31.7 Å². The molecule has 1 atom stereocenters. The van der Waals surface area contributed by atoms with E-state index in [4.69, 9.17) is 4.74 Å². The topological polar surface area (TPSA) is 117 Å². The zero-order valence-corrected chi connectivity index (χ0v) is 14.9. The van der Waals surface area contributed by atoms with E-state index < -0.39 is 5.97 Å². The molecule has 2 aliphatic carbocycles. The molecule has 3 aromatic rings. The van der Waals surface area contributed by atoms with Gasteiger partial charge in [-0.25, -0.2) is 14.8 Å². The average molecular weight is 378 g/mol. The fraction of sp³-hybridized carbons (Fsp3) is 0.300. The van der Waals surface area contributed by atoms with Gasteiger partial charge in [-0.2, -0.15) is 0 Å². The van der Waals surface area contributed by atoms with Crippen molar-refractivity contribution in [3.05, 3.63) is 47.3 Å². The lowest BCUT2D eigenvalue weighted by Crippen LogP contribution is -2.28. The first-order chi connectivity index (χ1) is 13.6. The van der Waals surface area contributed by atoms with Gasteiger partial charge in [0.15, 0.2) is 5.65 Å². The Morgan fingerprint density at radius 3 is 2.89 bits per heavy atom. The highest BCUT2D eigenvalue weighted by Gasteiger charge is 2.33. The van der Waals surface area contributed by atoms with Crippen molar-refractivity contribution in [2.75, 3.05) is 0 Å². The maximum absolute atomic E-state index is 12.1. The summed E-state index contributed by atoms with van der Waals surface area (Å²) in [5, 5.41) is 12.4.